The summed E-state index contributed by atoms with van der Waals surface area (Å²) in [4.78, 5) is 21.4. The standard InChI is InChI=1S/C22H24N2OS2/c1-26-18-13-8-14-19-20(18)23-22(27-19)24(15-16-9-4-2-5-10-16)21(25)17-11-6-3-7-12-17/h2,4-5,8-10,13-14,17H,3,6-7,11-12,15H2,1H3. The van der Waals surface area contributed by atoms with Crippen molar-refractivity contribution in [3.63, 3.8) is 0 Å². The number of hydrogen-bond donors (Lipinski definition) is 0. The van der Waals surface area contributed by atoms with Crippen molar-refractivity contribution in [2.45, 2.75) is 43.5 Å². The van der Waals surface area contributed by atoms with Crippen LogP contribution in [-0.4, -0.2) is 17.1 Å². The Labute approximate surface area is 168 Å². The van der Waals surface area contributed by atoms with Gasteiger partial charge in [0, 0.05) is 10.8 Å². The van der Waals surface area contributed by atoms with E-state index in [0.29, 0.717) is 6.54 Å². The number of hydrogen-bond acceptors (Lipinski definition) is 4. The summed E-state index contributed by atoms with van der Waals surface area (Å²) < 4.78 is 1.14. The average molecular weight is 397 g/mol. The summed E-state index contributed by atoms with van der Waals surface area (Å²) >= 11 is 3.33. The maximum atomic E-state index is 13.4. The molecule has 0 spiro atoms. The van der Waals surface area contributed by atoms with E-state index in [9.17, 15) is 4.79 Å². The number of benzene rings is 2. The highest BCUT2D eigenvalue weighted by Gasteiger charge is 2.29. The van der Waals surface area contributed by atoms with Crippen LogP contribution in [0.25, 0.3) is 10.2 Å². The lowest BCUT2D eigenvalue weighted by molar-refractivity contribution is -0.123. The molecular weight excluding hydrogens is 372 g/mol. The Morgan fingerprint density at radius 3 is 2.63 bits per heavy atom. The highest BCUT2D eigenvalue weighted by Crippen LogP contribution is 2.36. The molecule has 1 fully saturated rings. The van der Waals surface area contributed by atoms with Gasteiger partial charge in [-0.15, -0.1) is 11.8 Å². The lowest BCUT2D eigenvalue weighted by Gasteiger charge is -2.27. The molecule has 3 nitrogen and oxygen atoms in total. The van der Waals surface area contributed by atoms with Gasteiger partial charge >= 0.3 is 0 Å². The maximum absolute atomic E-state index is 13.4. The van der Waals surface area contributed by atoms with Gasteiger partial charge in [-0.25, -0.2) is 4.98 Å². The molecule has 27 heavy (non-hydrogen) atoms. The summed E-state index contributed by atoms with van der Waals surface area (Å²) in [5, 5.41) is 0.825. The van der Waals surface area contributed by atoms with Gasteiger partial charge in [0.1, 0.15) is 0 Å². The first kappa shape index (κ1) is 18.5. The van der Waals surface area contributed by atoms with Crippen molar-refractivity contribution in [1.29, 1.82) is 0 Å². The first-order chi connectivity index (χ1) is 13.3. The van der Waals surface area contributed by atoms with Crippen LogP contribution in [-0.2, 0) is 11.3 Å². The lowest BCUT2D eigenvalue weighted by Crippen LogP contribution is -2.36. The zero-order valence-electron chi connectivity index (χ0n) is 15.6. The summed E-state index contributed by atoms with van der Waals surface area (Å²) in [6, 6.07) is 16.5. The van der Waals surface area contributed by atoms with Gasteiger partial charge < -0.3 is 0 Å². The Morgan fingerprint density at radius 2 is 1.89 bits per heavy atom. The number of carbonyl (C=O) groups is 1. The van der Waals surface area contributed by atoms with E-state index in [2.05, 4.69) is 36.6 Å². The second-order valence-corrected chi connectivity index (χ2v) is 8.91. The molecule has 140 valence electrons. The molecule has 1 aromatic heterocycles. The predicted molar refractivity (Wildman–Crippen MR) is 116 cm³/mol. The van der Waals surface area contributed by atoms with E-state index >= 15 is 0 Å². The average Bonchev–Trinajstić information content (AvgIpc) is 3.17. The molecule has 1 saturated carbocycles. The summed E-state index contributed by atoms with van der Waals surface area (Å²) in [6.07, 6.45) is 7.65. The molecular formula is C22H24N2OS2. The fraction of sp³-hybridized carbons (Fsp3) is 0.364. The number of carbonyl (C=O) groups excluding carboxylic acids is 1. The van der Waals surface area contributed by atoms with Crippen molar-refractivity contribution < 1.29 is 4.79 Å². The molecule has 5 heteroatoms. The van der Waals surface area contributed by atoms with E-state index in [0.717, 1.165) is 46.6 Å². The van der Waals surface area contributed by atoms with Crippen molar-refractivity contribution in [3.05, 3.63) is 54.1 Å². The van der Waals surface area contributed by atoms with Crippen molar-refractivity contribution >= 4 is 44.4 Å². The van der Waals surface area contributed by atoms with Gasteiger partial charge in [0.25, 0.3) is 0 Å². The number of thioether (sulfide) groups is 1. The summed E-state index contributed by atoms with van der Waals surface area (Å²) in [6.45, 7) is 0.588. The second-order valence-electron chi connectivity index (χ2n) is 7.05. The van der Waals surface area contributed by atoms with Crippen molar-refractivity contribution in [2.75, 3.05) is 11.2 Å². The van der Waals surface area contributed by atoms with Crippen LogP contribution < -0.4 is 4.90 Å². The van der Waals surface area contributed by atoms with Crippen molar-refractivity contribution in [3.8, 4) is 0 Å². The molecule has 0 bridgehead atoms. The molecule has 3 aromatic rings. The topological polar surface area (TPSA) is 33.2 Å². The number of fused-ring (bicyclic) bond motifs is 1. The largest absolute Gasteiger partial charge is 0.283 e. The van der Waals surface area contributed by atoms with Gasteiger partial charge in [-0.1, -0.05) is 67.0 Å². The van der Waals surface area contributed by atoms with Gasteiger partial charge in [-0.05, 0) is 36.8 Å². The third kappa shape index (κ3) is 4.04. The second kappa shape index (κ2) is 8.44. The molecule has 0 unspecified atom stereocenters. The smallest absolute Gasteiger partial charge is 0.232 e. The molecule has 1 aliphatic carbocycles. The third-order valence-corrected chi connectivity index (χ3v) is 7.04. The Kier molecular flexibility index (Phi) is 5.79. The van der Waals surface area contributed by atoms with E-state index in [-0.39, 0.29) is 11.8 Å². The van der Waals surface area contributed by atoms with Crippen molar-refractivity contribution in [2.24, 2.45) is 5.92 Å². The highest BCUT2D eigenvalue weighted by molar-refractivity contribution is 7.98. The Morgan fingerprint density at radius 1 is 1.11 bits per heavy atom. The number of aromatic nitrogens is 1. The van der Waals surface area contributed by atoms with Crippen LogP contribution in [0.5, 0.6) is 0 Å². The quantitative estimate of drug-likeness (QED) is 0.486. The van der Waals surface area contributed by atoms with E-state index < -0.39 is 0 Å². The zero-order chi connectivity index (χ0) is 18.6. The summed E-state index contributed by atoms with van der Waals surface area (Å²) in [5.41, 5.74) is 2.16. The van der Waals surface area contributed by atoms with Gasteiger partial charge in [-0.3, -0.25) is 9.69 Å². The van der Waals surface area contributed by atoms with Crippen LogP contribution in [0.2, 0.25) is 0 Å². The molecule has 0 radical (unpaired) electrons. The van der Waals surface area contributed by atoms with E-state index in [1.54, 1.807) is 23.1 Å². The number of amides is 1. The lowest BCUT2D eigenvalue weighted by atomic mass is 9.88. The predicted octanol–water partition coefficient (Wildman–Crippen LogP) is 6.13. The third-order valence-electron chi connectivity index (χ3n) is 5.23. The van der Waals surface area contributed by atoms with Gasteiger partial charge in [0.05, 0.1) is 16.8 Å². The fourth-order valence-corrected chi connectivity index (χ4v) is 5.39. The van der Waals surface area contributed by atoms with E-state index in [4.69, 9.17) is 4.98 Å². The minimum Gasteiger partial charge on any atom is -0.283 e. The van der Waals surface area contributed by atoms with Crippen LogP contribution >= 0.6 is 23.1 Å². The number of anilines is 1. The summed E-state index contributed by atoms with van der Waals surface area (Å²) in [5.74, 6) is 0.373. The Bertz CT molecular complexity index is 916. The number of para-hydroxylation sites is 1. The fourth-order valence-electron chi connectivity index (χ4n) is 3.77. The number of rotatable bonds is 5. The van der Waals surface area contributed by atoms with E-state index in [1.807, 2.05) is 23.1 Å². The molecule has 2 aromatic carbocycles. The van der Waals surface area contributed by atoms with Gasteiger partial charge in [0.15, 0.2) is 5.13 Å². The van der Waals surface area contributed by atoms with Crippen LogP contribution in [0, 0.1) is 5.92 Å². The Balaban J connectivity index is 1.71. The normalized spacial score (nSPS) is 15.1. The molecule has 0 atom stereocenters. The minimum absolute atomic E-state index is 0.134. The molecule has 1 amide bonds. The molecule has 0 saturated heterocycles. The molecule has 0 N–H and O–H groups in total. The molecule has 0 aliphatic heterocycles. The van der Waals surface area contributed by atoms with Crippen molar-refractivity contribution in [1.82, 2.24) is 4.98 Å². The zero-order valence-corrected chi connectivity index (χ0v) is 17.2. The van der Waals surface area contributed by atoms with Gasteiger partial charge in [0.2, 0.25) is 5.91 Å². The van der Waals surface area contributed by atoms with Crippen LogP contribution in [0.3, 0.4) is 0 Å². The van der Waals surface area contributed by atoms with Gasteiger partial charge in [-0.2, -0.15) is 0 Å². The SMILES string of the molecule is CSc1cccc2sc(N(Cc3ccccc3)C(=O)C3CCCCC3)nc12. The van der Waals surface area contributed by atoms with Crippen LogP contribution in [0.4, 0.5) is 5.13 Å². The number of thiazole rings is 1. The first-order valence-corrected chi connectivity index (χ1v) is 11.6. The monoisotopic (exact) mass is 396 g/mol. The Hall–Kier alpha value is -1.85. The summed E-state index contributed by atoms with van der Waals surface area (Å²) in [7, 11) is 0. The van der Waals surface area contributed by atoms with E-state index in [1.165, 1.54) is 11.3 Å². The molecule has 1 heterocycles. The van der Waals surface area contributed by atoms with Crippen LogP contribution in [0.1, 0.15) is 37.7 Å². The maximum Gasteiger partial charge on any atom is 0.232 e. The highest BCUT2D eigenvalue weighted by atomic mass is 32.2. The minimum atomic E-state index is 0.134. The molecule has 4 rings (SSSR count). The molecule has 1 aliphatic rings. The van der Waals surface area contributed by atoms with Crippen LogP contribution in [0.15, 0.2) is 53.4 Å². The first-order valence-electron chi connectivity index (χ1n) is 9.55. The number of nitrogens with zero attached hydrogens (tertiary/aromatic N) is 2.